The Hall–Kier alpha value is -0.0400. The third-order valence-electron chi connectivity index (χ3n) is 1.58. The summed E-state index contributed by atoms with van der Waals surface area (Å²) in [5, 5.41) is 3.13. The lowest BCUT2D eigenvalue weighted by Crippen LogP contribution is -2.10. The summed E-state index contributed by atoms with van der Waals surface area (Å²) in [6, 6.07) is 0. The van der Waals surface area contributed by atoms with E-state index in [0.717, 1.165) is 12.5 Å². The summed E-state index contributed by atoms with van der Waals surface area (Å²) in [6.45, 7) is 5.69. The van der Waals surface area contributed by atoms with E-state index in [4.69, 9.17) is 0 Å². The molecule has 0 aliphatic rings. The van der Waals surface area contributed by atoms with Crippen LogP contribution >= 0.6 is 0 Å². The summed E-state index contributed by atoms with van der Waals surface area (Å²) in [5.74, 6) is 0.891. The molecule has 0 saturated heterocycles. The topological polar surface area (TPSA) is 12.0 Å². The van der Waals surface area contributed by atoms with E-state index in [-0.39, 0.29) is 0 Å². The molecule has 0 bridgehead atoms. The van der Waals surface area contributed by atoms with E-state index in [2.05, 4.69) is 19.2 Å². The maximum atomic E-state index is 3.13. The second kappa shape index (κ2) is 5.10. The van der Waals surface area contributed by atoms with Gasteiger partial charge in [-0.25, -0.2) is 0 Å². The van der Waals surface area contributed by atoms with E-state index < -0.39 is 0 Å². The normalized spacial score (nSPS) is 13.9. The van der Waals surface area contributed by atoms with Crippen LogP contribution in [0.4, 0.5) is 0 Å². The van der Waals surface area contributed by atoms with Crippen molar-refractivity contribution in [2.45, 2.75) is 26.7 Å². The fraction of sp³-hybridized carbons (Fsp3) is 1.00. The average Bonchev–Trinajstić information content (AvgIpc) is 1.83. The molecule has 0 aliphatic carbocycles. The molecule has 0 fully saturated rings. The van der Waals surface area contributed by atoms with Crippen molar-refractivity contribution in [1.29, 1.82) is 0 Å². The van der Waals surface area contributed by atoms with Gasteiger partial charge in [0.05, 0.1) is 0 Å². The summed E-state index contributed by atoms with van der Waals surface area (Å²) < 4.78 is 0. The van der Waals surface area contributed by atoms with Crippen molar-refractivity contribution in [1.82, 2.24) is 5.32 Å². The van der Waals surface area contributed by atoms with Crippen LogP contribution in [-0.4, -0.2) is 13.6 Å². The van der Waals surface area contributed by atoms with Crippen molar-refractivity contribution in [3.63, 3.8) is 0 Å². The second-order valence-electron chi connectivity index (χ2n) is 2.41. The summed E-state index contributed by atoms with van der Waals surface area (Å²) in [6.07, 6.45) is 2.62. The quantitative estimate of drug-likeness (QED) is 0.587. The number of nitrogens with one attached hydrogen (secondary N) is 1. The SMILES string of the molecule is CC[C@@H](C)CCNC. The van der Waals surface area contributed by atoms with Crippen LogP contribution in [0.15, 0.2) is 0 Å². The smallest absolute Gasteiger partial charge is 0.00494 e. The van der Waals surface area contributed by atoms with Crippen molar-refractivity contribution in [3.05, 3.63) is 0 Å². The van der Waals surface area contributed by atoms with Crippen LogP contribution in [0.25, 0.3) is 0 Å². The van der Waals surface area contributed by atoms with Crippen molar-refractivity contribution in [2.24, 2.45) is 5.92 Å². The Morgan fingerprint density at radius 1 is 1.50 bits per heavy atom. The molecule has 0 saturated carbocycles. The molecule has 1 N–H and O–H groups in total. The molecule has 0 aliphatic heterocycles. The molecule has 0 aromatic carbocycles. The fourth-order valence-electron chi connectivity index (χ4n) is 0.595. The van der Waals surface area contributed by atoms with Crippen LogP contribution in [0.1, 0.15) is 26.7 Å². The fourth-order valence-corrected chi connectivity index (χ4v) is 0.595. The largest absolute Gasteiger partial charge is 0.320 e. The van der Waals surface area contributed by atoms with E-state index in [1.54, 1.807) is 0 Å². The molecule has 0 radical (unpaired) electrons. The first kappa shape index (κ1) is 7.96. The summed E-state index contributed by atoms with van der Waals surface area (Å²) in [5.41, 5.74) is 0. The predicted molar refractivity (Wildman–Crippen MR) is 38.0 cm³/mol. The maximum absolute atomic E-state index is 3.13. The molecular weight excluding hydrogens is 98.1 g/mol. The highest BCUT2D eigenvalue weighted by Crippen LogP contribution is 2.03. The van der Waals surface area contributed by atoms with Gasteiger partial charge in [0.2, 0.25) is 0 Å². The Labute approximate surface area is 52.5 Å². The van der Waals surface area contributed by atoms with Gasteiger partial charge < -0.3 is 5.32 Å². The predicted octanol–water partition coefficient (Wildman–Crippen LogP) is 1.64. The van der Waals surface area contributed by atoms with Gasteiger partial charge in [-0.2, -0.15) is 0 Å². The Bertz CT molecular complexity index is 43.7. The first-order chi connectivity index (χ1) is 3.81. The van der Waals surface area contributed by atoms with Gasteiger partial charge in [-0.3, -0.25) is 0 Å². The summed E-state index contributed by atoms with van der Waals surface area (Å²) in [4.78, 5) is 0. The molecule has 0 spiro atoms. The minimum absolute atomic E-state index is 0.891. The van der Waals surface area contributed by atoms with Crippen molar-refractivity contribution in [3.8, 4) is 0 Å². The molecule has 0 rings (SSSR count). The highest BCUT2D eigenvalue weighted by Gasteiger charge is 1.94. The first-order valence-electron chi connectivity index (χ1n) is 3.45. The van der Waals surface area contributed by atoms with Gasteiger partial charge in [0.25, 0.3) is 0 Å². The lowest BCUT2D eigenvalue weighted by atomic mass is 10.1. The molecule has 0 heterocycles. The molecule has 1 nitrogen and oxygen atoms in total. The summed E-state index contributed by atoms with van der Waals surface area (Å²) in [7, 11) is 2.00. The molecular formula is C7H17N. The second-order valence-corrected chi connectivity index (χ2v) is 2.41. The van der Waals surface area contributed by atoms with E-state index >= 15 is 0 Å². The number of hydrogen-bond donors (Lipinski definition) is 1. The zero-order valence-electron chi connectivity index (χ0n) is 6.20. The van der Waals surface area contributed by atoms with Crippen molar-refractivity contribution in [2.75, 3.05) is 13.6 Å². The van der Waals surface area contributed by atoms with Gasteiger partial charge in [0.15, 0.2) is 0 Å². The molecule has 0 aromatic rings. The Kier molecular flexibility index (Phi) is 5.08. The van der Waals surface area contributed by atoms with Crippen LogP contribution in [0.3, 0.4) is 0 Å². The lowest BCUT2D eigenvalue weighted by Gasteiger charge is -2.05. The Morgan fingerprint density at radius 3 is 2.50 bits per heavy atom. The minimum Gasteiger partial charge on any atom is -0.320 e. The zero-order chi connectivity index (χ0) is 6.41. The molecule has 1 atom stereocenters. The third kappa shape index (κ3) is 4.13. The highest BCUT2D eigenvalue weighted by molar-refractivity contribution is 4.50. The van der Waals surface area contributed by atoms with E-state index in [9.17, 15) is 0 Å². The van der Waals surface area contributed by atoms with Gasteiger partial charge in [0.1, 0.15) is 0 Å². The van der Waals surface area contributed by atoms with Crippen molar-refractivity contribution < 1.29 is 0 Å². The number of hydrogen-bond acceptors (Lipinski definition) is 1. The zero-order valence-corrected chi connectivity index (χ0v) is 6.20. The Morgan fingerprint density at radius 2 is 2.12 bits per heavy atom. The van der Waals surface area contributed by atoms with E-state index in [0.29, 0.717) is 0 Å². The van der Waals surface area contributed by atoms with Crippen molar-refractivity contribution >= 4 is 0 Å². The standard InChI is InChI=1S/C7H17N/c1-4-7(2)5-6-8-3/h7-8H,4-6H2,1-3H3/t7-/m1/s1. The molecule has 0 amide bonds. The van der Waals surface area contributed by atoms with Gasteiger partial charge in [0, 0.05) is 0 Å². The third-order valence-corrected chi connectivity index (χ3v) is 1.58. The molecule has 50 valence electrons. The van der Waals surface area contributed by atoms with Crippen LogP contribution in [0.5, 0.6) is 0 Å². The van der Waals surface area contributed by atoms with E-state index in [1.165, 1.54) is 12.8 Å². The maximum Gasteiger partial charge on any atom is -0.00494 e. The molecule has 0 aromatic heterocycles. The first-order valence-corrected chi connectivity index (χ1v) is 3.45. The lowest BCUT2D eigenvalue weighted by molar-refractivity contribution is 0.503. The molecule has 1 heteroatoms. The van der Waals surface area contributed by atoms with Crippen LogP contribution < -0.4 is 5.32 Å². The average molecular weight is 115 g/mol. The van der Waals surface area contributed by atoms with Gasteiger partial charge in [-0.15, -0.1) is 0 Å². The van der Waals surface area contributed by atoms with Gasteiger partial charge in [-0.05, 0) is 25.9 Å². The van der Waals surface area contributed by atoms with Crippen LogP contribution in [0, 0.1) is 5.92 Å². The van der Waals surface area contributed by atoms with E-state index in [1.807, 2.05) is 7.05 Å². The summed E-state index contributed by atoms with van der Waals surface area (Å²) >= 11 is 0. The van der Waals surface area contributed by atoms with Crippen LogP contribution in [0.2, 0.25) is 0 Å². The molecule has 8 heavy (non-hydrogen) atoms. The van der Waals surface area contributed by atoms with Gasteiger partial charge in [-0.1, -0.05) is 20.3 Å². The number of rotatable bonds is 4. The minimum atomic E-state index is 0.891. The Balaban J connectivity index is 2.86. The monoisotopic (exact) mass is 115 g/mol. The van der Waals surface area contributed by atoms with Crippen LogP contribution in [-0.2, 0) is 0 Å². The highest BCUT2D eigenvalue weighted by atomic mass is 14.8. The molecule has 0 unspecified atom stereocenters. The van der Waals surface area contributed by atoms with Gasteiger partial charge >= 0.3 is 0 Å².